The van der Waals surface area contributed by atoms with Crippen molar-refractivity contribution in [3.05, 3.63) is 71.1 Å². The summed E-state index contributed by atoms with van der Waals surface area (Å²) in [6, 6.07) is 15.9. The maximum absolute atomic E-state index is 11.3. The number of hydrogen-bond donors (Lipinski definition) is 0. The number of nitrogens with zero attached hydrogens (tertiary/aromatic N) is 1. The zero-order valence-corrected chi connectivity index (χ0v) is 17.8. The summed E-state index contributed by atoms with van der Waals surface area (Å²) in [5.41, 5.74) is 4.12. The van der Waals surface area contributed by atoms with E-state index in [0.29, 0.717) is 24.7 Å². The fraction of sp³-hybridized carbons (Fsp3) is 0.304. The molecule has 152 valence electrons. The van der Waals surface area contributed by atoms with E-state index in [2.05, 4.69) is 15.8 Å². The van der Waals surface area contributed by atoms with Crippen molar-refractivity contribution in [3.63, 3.8) is 0 Å². The van der Waals surface area contributed by atoms with Crippen LogP contribution in [0.5, 0.6) is 5.75 Å². The number of oxazole rings is 1. The second-order valence-electron chi connectivity index (χ2n) is 6.60. The number of benzene rings is 2. The molecule has 0 spiro atoms. The van der Waals surface area contributed by atoms with Crippen LogP contribution in [0.2, 0.25) is 0 Å². The molecule has 5 nitrogen and oxygen atoms in total. The molecule has 1 heterocycles. The van der Waals surface area contributed by atoms with Crippen LogP contribution in [0.15, 0.2) is 52.9 Å². The van der Waals surface area contributed by atoms with E-state index in [0.717, 1.165) is 39.6 Å². The molecule has 0 amide bonds. The molecule has 0 aliphatic rings. The standard InChI is InChI=1S/C23H25NO4S/c1-16-19(14-29-15-22(25)26-3)10-7-11-21(16)27-13-12-20-17(2)28-23(24-20)18-8-5-4-6-9-18/h4-11H,12-15H2,1-3H3. The molecule has 0 aliphatic carbocycles. The summed E-state index contributed by atoms with van der Waals surface area (Å²) in [6.07, 6.45) is 0.670. The topological polar surface area (TPSA) is 61.6 Å². The third-order valence-electron chi connectivity index (χ3n) is 4.61. The lowest BCUT2D eigenvalue weighted by molar-refractivity contribution is -0.137. The minimum absolute atomic E-state index is 0.210. The molecule has 0 radical (unpaired) electrons. The molecule has 0 unspecified atom stereocenters. The summed E-state index contributed by atoms with van der Waals surface area (Å²) in [5.74, 6) is 3.18. The molecule has 0 saturated carbocycles. The average molecular weight is 412 g/mol. The van der Waals surface area contributed by atoms with Gasteiger partial charge in [0.1, 0.15) is 11.5 Å². The highest BCUT2D eigenvalue weighted by Gasteiger charge is 2.12. The van der Waals surface area contributed by atoms with Crippen LogP contribution in [0.4, 0.5) is 0 Å². The Bertz CT molecular complexity index is 953. The first-order chi connectivity index (χ1) is 14.1. The Hall–Kier alpha value is -2.73. The van der Waals surface area contributed by atoms with Gasteiger partial charge < -0.3 is 13.9 Å². The molecule has 6 heteroatoms. The maximum Gasteiger partial charge on any atom is 0.315 e. The van der Waals surface area contributed by atoms with Gasteiger partial charge in [-0.15, -0.1) is 11.8 Å². The first-order valence-corrected chi connectivity index (χ1v) is 10.6. The van der Waals surface area contributed by atoms with Crippen LogP contribution in [-0.4, -0.2) is 30.4 Å². The Morgan fingerprint density at radius 3 is 2.66 bits per heavy atom. The van der Waals surface area contributed by atoms with Gasteiger partial charge in [0.15, 0.2) is 0 Å². The summed E-state index contributed by atoms with van der Waals surface area (Å²) in [7, 11) is 1.40. The van der Waals surface area contributed by atoms with Crippen molar-refractivity contribution in [2.24, 2.45) is 0 Å². The molecular formula is C23H25NO4S. The summed E-state index contributed by atoms with van der Waals surface area (Å²) in [6.45, 7) is 4.48. The Labute approximate surface area is 175 Å². The van der Waals surface area contributed by atoms with E-state index >= 15 is 0 Å². The third kappa shape index (κ3) is 5.64. The van der Waals surface area contributed by atoms with Crippen molar-refractivity contribution in [2.75, 3.05) is 19.5 Å². The lowest BCUT2D eigenvalue weighted by atomic mass is 10.1. The molecule has 29 heavy (non-hydrogen) atoms. The molecule has 0 fully saturated rings. The zero-order valence-electron chi connectivity index (χ0n) is 16.9. The van der Waals surface area contributed by atoms with Crippen LogP contribution in [0, 0.1) is 13.8 Å². The van der Waals surface area contributed by atoms with E-state index in [9.17, 15) is 4.79 Å². The van der Waals surface area contributed by atoms with E-state index in [1.54, 1.807) is 0 Å². The van der Waals surface area contributed by atoms with Crippen LogP contribution in [0.1, 0.15) is 22.6 Å². The van der Waals surface area contributed by atoms with Gasteiger partial charge in [0.2, 0.25) is 5.89 Å². The summed E-state index contributed by atoms with van der Waals surface area (Å²) in [4.78, 5) is 15.9. The highest BCUT2D eigenvalue weighted by Crippen LogP contribution is 2.26. The number of methoxy groups -OCH3 is 1. The Morgan fingerprint density at radius 1 is 1.10 bits per heavy atom. The van der Waals surface area contributed by atoms with Crippen LogP contribution < -0.4 is 4.74 Å². The molecular weight excluding hydrogens is 386 g/mol. The molecule has 3 rings (SSSR count). The van der Waals surface area contributed by atoms with E-state index in [4.69, 9.17) is 9.15 Å². The van der Waals surface area contributed by atoms with Gasteiger partial charge in [-0.2, -0.15) is 0 Å². The third-order valence-corrected chi connectivity index (χ3v) is 5.57. The number of hydrogen-bond acceptors (Lipinski definition) is 6. The molecule has 0 atom stereocenters. The highest BCUT2D eigenvalue weighted by atomic mass is 32.2. The summed E-state index contributed by atoms with van der Waals surface area (Å²) < 4.78 is 16.5. The van der Waals surface area contributed by atoms with Crippen LogP contribution in [-0.2, 0) is 21.7 Å². The summed E-state index contributed by atoms with van der Waals surface area (Å²) >= 11 is 1.53. The zero-order chi connectivity index (χ0) is 20.6. The molecule has 1 aromatic heterocycles. The number of ether oxygens (including phenoxy) is 2. The van der Waals surface area contributed by atoms with Crippen molar-refractivity contribution >= 4 is 17.7 Å². The van der Waals surface area contributed by atoms with Gasteiger partial charge in [-0.1, -0.05) is 30.3 Å². The van der Waals surface area contributed by atoms with E-state index < -0.39 is 0 Å². The van der Waals surface area contributed by atoms with Gasteiger partial charge in [-0.05, 0) is 43.2 Å². The lowest BCUT2D eigenvalue weighted by Gasteiger charge is -2.12. The smallest absolute Gasteiger partial charge is 0.315 e. The molecule has 0 N–H and O–H groups in total. The lowest BCUT2D eigenvalue weighted by Crippen LogP contribution is -2.05. The van der Waals surface area contributed by atoms with Crippen molar-refractivity contribution < 1.29 is 18.7 Å². The minimum Gasteiger partial charge on any atom is -0.493 e. The summed E-state index contributed by atoms with van der Waals surface area (Å²) in [5, 5.41) is 0. The van der Waals surface area contributed by atoms with Gasteiger partial charge in [-0.3, -0.25) is 4.79 Å². The van der Waals surface area contributed by atoms with Crippen molar-refractivity contribution in [3.8, 4) is 17.2 Å². The van der Waals surface area contributed by atoms with E-state index in [-0.39, 0.29) is 5.97 Å². The maximum atomic E-state index is 11.3. The largest absolute Gasteiger partial charge is 0.493 e. The molecule has 2 aromatic carbocycles. The first kappa shape index (κ1) is 21.0. The Morgan fingerprint density at radius 2 is 1.90 bits per heavy atom. The van der Waals surface area contributed by atoms with Crippen LogP contribution >= 0.6 is 11.8 Å². The van der Waals surface area contributed by atoms with E-state index in [1.165, 1.54) is 18.9 Å². The van der Waals surface area contributed by atoms with E-state index in [1.807, 2.05) is 56.3 Å². The number of aryl methyl sites for hydroxylation is 1. The normalized spacial score (nSPS) is 10.7. The average Bonchev–Trinajstić information content (AvgIpc) is 3.11. The monoisotopic (exact) mass is 411 g/mol. The van der Waals surface area contributed by atoms with Crippen LogP contribution in [0.25, 0.3) is 11.5 Å². The predicted molar refractivity (Wildman–Crippen MR) is 115 cm³/mol. The SMILES string of the molecule is COC(=O)CSCc1cccc(OCCc2nc(-c3ccccc3)oc2C)c1C. The van der Waals surface area contributed by atoms with Gasteiger partial charge in [0.05, 0.1) is 25.2 Å². The fourth-order valence-electron chi connectivity index (χ4n) is 2.90. The number of esters is 1. The number of thioether (sulfide) groups is 1. The Kier molecular flexibility index (Phi) is 7.36. The number of carbonyl (C=O) groups excluding carboxylic acids is 1. The minimum atomic E-state index is -0.210. The predicted octanol–water partition coefficient (Wildman–Crippen LogP) is 4.99. The molecule has 0 aliphatic heterocycles. The van der Waals surface area contributed by atoms with Crippen LogP contribution in [0.3, 0.4) is 0 Å². The van der Waals surface area contributed by atoms with Crippen molar-refractivity contribution in [1.29, 1.82) is 0 Å². The second kappa shape index (κ2) is 10.2. The molecule has 0 bridgehead atoms. The Balaban J connectivity index is 1.57. The van der Waals surface area contributed by atoms with Gasteiger partial charge >= 0.3 is 5.97 Å². The van der Waals surface area contributed by atoms with Gasteiger partial charge in [-0.25, -0.2) is 4.98 Å². The van der Waals surface area contributed by atoms with Gasteiger partial charge in [0, 0.05) is 17.7 Å². The second-order valence-corrected chi connectivity index (χ2v) is 7.58. The molecule has 0 saturated heterocycles. The van der Waals surface area contributed by atoms with Crippen molar-refractivity contribution in [2.45, 2.75) is 26.0 Å². The fourth-order valence-corrected chi connectivity index (χ4v) is 3.82. The van der Waals surface area contributed by atoms with Gasteiger partial charge in [0.25, 0.3) is 0 Å². The highest BCUT2D eigenvalue weighted by molar-refractivity contribution is 7.99. The molecule has 3 aromatic rings. The number of aromatic nitrogens is 1. The number of carbonyl (C=O) groups is 1. The quantitative estimate of drug-likeness (QED) is 0.463. The van der Waals surface area contributed by atoms with Crippen molar-refractivity contribution in [1.82, 2.24) is 4.98 Å². The number of rotatable bonds is 9. The first-order valence-electron chi connectivity index (χ1n) is 9.46.